The lowest BCUT2D eigenvalue weighted by atomic mass is 10.1. The van der Waals surface area contributed by atoms with Crippen LogP contribution in [0.3, 0.4) is 0 Å². The van der Waals surface area contributed by atoms with Gasteiger partial charge in [0.1, 0.15) is 10.7 Å². The van der Waals surface area contributed by atoms with Gasteiger partial charge in [-0.3, -0.25) is 0 Å². The van der Waals surface area contributed by atoms with Gasteiger partial charge in [-0.15, -0.1) is 0 Å². The highest BCUT2D eigenvalue weighted by Crippen LogP contribution is 2.13. The molecule has 0 fully saturated rings. The van der Waals surface area contributed by atoms with E-state index in [4.69, 9.17) is 18.0 Å². The third-order valence-electron chi connectivity index (χ3n) is 3.13. The first-order chi connectivity index (χ1) is 9.40. The average Bonchev–Trinajstić information content (AvgIpc) is 2.38. The number of hydrogen-bond acceptors (Lipinski definition) is 4. The van der Waals surface area contributed by atoms with E-state index in [1.165, 1.54) is 0 Å². The summed E-state index contributed by atoms with van der Waals surface area (Å²) in [6.07, 6.45) is 3.98. The van der Waals surface area contributed by atoms with Crippen LogP contribution in [-0.2, 0) is 0 Å². The topological polar surface area (TPSA) is 55.0 Å². The number of nitrogens with two attached hydrogens (primary N) is 1. The molecule has 0 unspecified atom stereocenters. The summed E-state index contributed by atoms with van der Waals surface area (Å²) in [5, 5.41) is 0. The predicted octanol–water partition coefficient (Wildman–Crippen LogP) is 3.01. The SMILES string of the molecule is CC(C)CCN(CCC(C)C)c1nccc(C(N)=S)n1. The van der Waals surface area contributed by atoms with Crippen LogP contribution in [0.1, 0.15) is 46.2 Å². The van der Waals surface area contributed by atoms with Crippen molar-refractivity contribution < 1.29 is 0 Å². The van der Waals surface area contributed by atoms with Crippen LogP contribution < -0.4 is 10.6 Å². The van der Waals surface area contributed by atoms with E-state index in [0.717, 1.165) is 31.9 Å². The van der Waals surface area contributed by atoms with Crippen LogP contribution in [0.2, 0.25) is 0 Å². The third kappa shape index (κ3) is 5.82. The molecular weight excluding hydrogens is 268 g/mol. The van der Waals surface area contributed by atoms with Crippen molar-refractivity contribution >= 4 is 23.2 Å². The first-order valence-corrected chi connectivity index (χ1v) is 7.68. The Labute approximate surface area is 127 Å². The predicted molar refractivity (Wildman–Crippen MR) is 89.0 cm³/mol. The lowest BCUT2D eigenvalue weighted by Crippen LogP contribution is -2.30. The highest BCUT2D eigenvalue weighted by atomic mass is 32.1. The molecule has 0 saturated carbocycles. The van der Waals surface area contributed by atoms with Crippen LogP contribution in [0.25, 0.3) is 0 Å². The lowest BCUT2D eigenvalue weighted by Gasteiger charge is -2.24. The van der Waals surface area contributed by atoms with Gasteiger partial charge in [0.2, 0.25) is 5.95 Å². The Morgan fingerprint density at radius 1 is 1.20 bits per heavy atom. The summed E-state index contributed by atoms with van der Waals surface area (Å²) >= 11 is 4.99. The Bertz CT molecular complexity index is 420. The van der Waals surface area contributed by atoms with Crippen molar-refractivity contribution in [3.05, 3.63) is 18.0 Å². The first-order valence-electron chi connectivity index (χ1n) is 7.28. The van der Waals surface area contributed by atoms with Crippen molar-refractivity contribution in [3.63, 3.8) is 0 Å². The molecular formula is C15H26N4S. The number of hydrogen-bond donors (Lipinski definition) is 1. The van der Waals surface area contributed by atoms with Crippen LogP contribution in [0.15, 0.2) is 12.3 Å². The summed E-state index contributed by atoms with van der Waals surface area (Å²) in [4.78, 5) is 11.4. The molecule has 0 amide bonds. The minimum Gasteiger partial charge on any atom is -0.388 e. The van der Waals surface area contributed by atoms with Gasteiger partial charge in [0.15, 0.2) is 0 Å². The minimum absolute atomic E-state index is 0.321. The Hall–Kier alpha value is -1.23. The molecule has 2 N–H and O–H groups in total. The van der Waals surface area contributed by atoms with Crippen molar-refractivity contribution in [2.45, 2.75) is 40.5 Å². The first kappa shape index (κ1) is 16.8. The Balaban J connectivity index is 2.84. The maximum Gasteiger partial charge on any atom is 0.225 e. The average molecular weight is 294 g/mol. The fourth-order valence-electron chi connectivity index (χ4n) is 1.78. The molecule has 0 aliphatic rings. The van der Waals surface area contributed by atoms with Gasteiger partial charge in [0, 0.05) is 19.3 Å². The van der Waals surface area contributed by atoms with Crippen LogP contribution in [0.5, 0.6) is 0 Å². The fraction of sp³-hybridized carbons (Fsp3) is 0.667. The zero-order valence-corrected chi connectivity index (χ0v) is 13.8. The van der Waals surface area contributed by atoms with Crippen molar-refractivity contribution in [1.82, 2.24) is 9.97 Å². The zero-order chi connectivity index (χ0) is 15.1. The molecule has 0 aliphatic carbocycles. The number of aromatic nitrogens is 2. The summed E-state index contributed by atoms with van der Waals surface area (Å²) in [5.41, 5.74) is 6.29. The quantitative estimate of drug-likeness (QED) is 0.747. The molecule has 1 aromatic rings. The molecule has 112 valence electrons. The number of thiocarbonyl (C=S) groups is 1. The van der Waals surface area contributed by atoms with Crippen molar-refractivity contribution in [2.75, 3.05) is 18.0 Å². The molecule has 1 rings (SSSR count). The maximum absolute atomic E-state index is 5.65. The molecule has 4 nitrogen and oxygen atoms in total. The van der Waals surface area contributed by atoms with Gasteiger partial charge in [0.25, 0.3) is 0 Å². The second-order valence-corrected chi connectivity index (χ2v) is 6.40. The summed E-state index contributed by atoms with van der Waals surface area (Å²) in [7, 11) is 0. The zero-order valence-electron chi connectivity index (χ0n) is 13.0. The van der Waals surface area contributed by atoms with Gasteiger partial charge in [-0.25, -0.2) is 9.97 Å². The number of rotatable bonds is 8. The van der Waals surface area contributed by atoms with E-state index in [-0.39, 0.29) is 0 Å². The molecule has 0 saturated heterocycles. The van der Waals surface area contributed by atoms with E-state index in [1.54, 1.807) is 12.3 Å². The highest BCUT2D eigenvalue weighted by molar-refractivity contribution is 7.80. The second kappa shape index (κ2) is 8.15. The van der Waals surface area contributed by atoms with Gasteiger partial charge in [0.05, 0.1) is 0 Å². The van der Waals surface area contributed by atoms with Crippen LogP contribution in [0, 0.1) is 11.8 Å². The molecule has 1 aromatic heterocycles. The van der Waals surface area contributed by atoms with Gasteiger partial charge < -0.3 is 10.6 Å². The molecule has 5 heteroatoms. The highest BCUT2D eigenvalue weighted by Gasteiger charge is 2.12. The standard InChI is InChI=1S/C15H26N4S/c1-11(2)6-9-19(10-7-12(3)4)15-17-8-5-13(18-15)14(16)20/h5,8,11-12H,6-7,9-10H2,1-4H3,(H2,16,20). The van der Waals surface area contributed by atoms with E-state index in [9.17, 15) is 0 Å². The molecule has 0 radical (unpaired) electrons. The Kier molecular flexibility index (Phi) is 6.85. The maximum atomic E-state index is 5.65. The van der Waals surface area contributed by atoms with Crippen molar-refractivity contribution in [1.29, 1.82) is 0 Å². The molecule has 0 aromatic carbocycles. The van der Waals surface area contributed by atoms with E-state index in [0.29, 0.717) is 22.5 Å². The monoisotopic (exact) mass is 294 g/mol. The summed E-state index contributed by atoms with van der Waals surface area (Å²) < 4.78 is 0. The molecule has 0 aliphatic heterocycles. The molecule has 0 bridgehead atoms. The summed E-state index contributed by atoms with van der Waals surface area (Å²) in [5.74, 6) is 2.06. The minimum atomic E-state index is 0.321. The van der Waals surface area contributed by atoms with Gasteiger partial charge in [-0.05, 0) is 30.7 Å². The molecule has 1 heterocycles. The largest absolute Gasteiger partial charge is 0.388 e. The van der Waals surface area contributed by atoms with Crippen LogP contribution >= 0.6 is 12.2 Å². The van der Waals surface area contributed by atoms with E-state index in [1.807, 2.05) is 0 Å². The Morgan fingerprint density at radius 3 is 2.20 bits per heavy atom. The molecule has 0 atom stereocenters. The third-order valence-corrected chi connectivity index (χ3v) is 3.34. The number of nitrogens with zero attached hydrogens (tertiary/aromatic N) is 3. The molecule has 20 heavy (non-hydrogen) atoms. The van der Waals surface area contributed by atoms with Gasteiger partial charge in [-0.2, -0.15) is 0 Å². The lowest BCUT2D eigenvalue weighted by molar-refractivity contribution is 0.530. The summed E-state index contributed by atoms with van der Waals surface area (Å²) in [6.45, 7) is 10.8. The van der Waals surface area contributed by atoms with E-state index >= 15 is 0 Å². The van der Waals surface area contributed by atoms with Crippen molar-refractivity contribution in [3.8, 4) is 0 Å². The Morgan fingerprint density at radius 2 is 1.75 bits per heavy atom. The fourth-order valence-corrected chi connectivity index (χ4v) is 1.89. The smallest absolute Gasteiger partial charge is 0.225 e. The van der Waals surface area contributed by atoms with Gasteiger partial charge >= 0.3 is 0 Å². The summed E-state index contributed by atoms with van der Waals surface area (Å²) in [6, 6.07) is 1.76. The van der Waals surface area contributed by atoms with Gasteiger partial charge in [-0.1, -0.05) is 39.9 Å². The molecule has 0 spiro atoms. The van der Waals surface area contributed by atoms with E-state index in [2.05, 4.69) is 42.6 Å². The van der Waals surface area contributed by atoms with E-state index < -0.39 is 0 Å². The number of anilines is 1. The normalized spacial score (nSPS) is 11.1. The second-order valence-electron chi connectivity index (χ2n) is 5.96. The van der Waals surface area contributed by atoms with Crippen LogP contribution in [0.4, 0.5) is 5.95 Å². The van der Waals surface area contributed by atoms with Crippen LogP contribution in [-0.4, -0.2) is 28.0 Å². The van der Waals surface area contributed by atoms with Crippen molar-refractivity contribution in [2.24, 2.45) is 17.6 Å².